The van der Waals surface area contributed by atoms with Crippen molar-refractivity contribution in [2.24, 2.45) is 0 Å². The fourth-order valence-electron chi connectivity index (χ4n) is 2.56. The van der Waals surface area contributed by atoms with Crippen molar-refractivity contribution in [2.45, 2.75) is 17.7 Å². The summed E-state index contributed by atoms with van der Waals surface area (Å²) >= 11 is 0. The molecule has 3 rings (SSSR count). The lowest BCUT2D eigenvalue weighted by Gasteiger charge is -2.19. The van der Waals surface area contributed by atoms with Crippen LogP contribution in [0.2, 0.25) is 0 Å². The van der Waals surface area contributed by atoms with E-state index in [-0.39, 0.29) is 17.3 Å². The average molecular weight is 295 g/mol. The normalized spacial score (nSPS) is 19.9. The Labute approximate surface area is 118 Å². The fourth-order valence-corrected chi connectivity index (χ4v) is 4.02. The Hall–Kier alpha value is -1.60. The minimum atomic E-state index is -3.61. The van der Waals surface area contributed by atoms with Gasteiger partial charge in [0.05, 0.1) is 11.4 Å². The summed E-state index contributed by atoms with van der Waals surface area (Å²) in [4.78, 5) is 11.8. The first-order valence-corrected chi connectivity index (χ1v) is 8.15. The Morgan fingerprint density at radius 2 is 2.00 bits per heavy atom. The molecule has 2 aliphatic rings. The maximum absolute atomic E-state index is 12.6. The number of nitrogens with zero attached hydrogens (tertiary/aromatic N) is 1. The van der Waals surface area contributed by atoms with E-state index in [4.69, 9.17) is 0 Å². The van der Waals surface area contributed by atoms with Crippen LogP contribution in [-0.4, -0.2) is 44.8 Å². The molecule has 108 valence electrons. The molecule has 1 aromatic rings. The molecule has 1 aromatic carbocycles. The molecule has 0 spiro atoms. The first kappa shape index (κ1) is 13.4. The van der Waals surface area contributed by atoms with Crippen molar-refractivity contribution in [1.82, 2.24) is 9.62 Å². The van der Waals surface area contributed by atoms with Crippen molar-refractivity contribution >= 4 is 21.6 Å². The molecule has 0 saturated carbocycles. The smallest absolute Gasteiger partial charge is 0.243 e. The number of rotatable bonds is 2. The van der Waals surface area contributed by atoms with E-state index in [1.54, 1.807) is 12.1 Å². The quantitative estimate of drug-likeness (QED) is 0.815. The molecule has 2 N–H and O–H groups in total. The lowest BCUT2D eigenvalue weighted by molar-refractivity contribution is -0.120. The van der Waals surface area contributed by atoms with Crippen LogP contribution < -0.4 is 10.6 Å². The lowest BCUT2D eigenvalue weighted by atomic mass is 10.2. The Kier molecular flexibility index (Phi) is 3.39. The number of benzene rings is 1. The van der Waals surface area contributed by atoms with E-state index in [9.17, 15) is 13.2 Å². The van der Waals surface area contributed by atoms with Crippen molar-refractivity contribution in [2.75, 3.05) is 31.5 Å². The van der Waals surface area contributed by atoms with E-state index in [2.05, 4.69) is 10.6 Å². The predicted molar refractivity (Wildman–Crippen MR) is 75.0 cm³/mol. The number of carbonyl (C=O) groups excluding carboxylic acids is 1. The van der Waals surface area contributed by atoms with E-state index in [0.717, 1.165) is 24.2 Å². The van der Waals surface area contributed by atoms with Gasteiger partial charge in [-0.1, -0.05) is 6.07 Å². The van der Waals surface area contributed by atoms with Gasteiger partial charge in [0.1, 0.15) is 0 Å². The highest BCUT2D eigenvalue weighted by molar-refractivity contribution is 7.89. The van der Waals surface area contributed by atoms with Gasteiger partial charge in [-0.3, -0.25) is 4.79 Å². The number of hydrogen-bond acceptors (Lipinski definition) is 4. The molecular formula is C13H17N3O3S. The van der Waals surface area contributed by atoms with Gasteiger partial charge in [0.15, 0.2) is 0 Å². The molecule has 2 heterocycles. The molecule has 0 bridgehead atoms. The zero-order valence-electron chi connectivity index (χ0n) is 11.1. The first-order chi connectivity index (χ1) is 9.57. The fraction of sp³-hybridized carbons (Fsp3) is 0.462. The van der Waals surface area contributed by atoms with Gasteiger partial charge >= 0.3 is 0 Å². The van der Waals surface area contributed by atoms with Crippen LogP contribution in [-0.2, 0) is 21.2 Å². The van der Waals surface area contributed by atoms with Crippen LogP contribution >= 0.6 is 0 Å². The number of anilines is 1. The highest BCUT2D eigenvalue weighted by Crippen LogP contribution is 2.27. The Balaban J connectivity index is 1.92. The van der Waals surface area contributed by atoms with Gasteiger partial charge in [-0.15, -0.1) is 0 Å². The predicted octanol–water partition coefficient (Wildman–Crippen LogP) is 0.165. The molecule has 0 aliphatic carbocycles. The molecule has 0 radical (unpaired) electrons. The topological polar surface area (TPSA) is 78.5 Å². The average Bonchev–Trinajstić information content (AvgIpc) is 2.78. The summed E-state index contributed by atoms with van der Waals surface area (Å²) in [5.41, 5.74) is 2.02. The minimum Gasteiger partial charge on any atom is -0.384 e. The van der Waals surface area contributed by atoms with Gasteiger partial charge in [0, 0.05) is 25.3 Å². The van der Waals surface area contributed by atoms with Crippen LogP contribution in [0.4, 0.5) is 5.69 Å². The van der Waals surface area contributed by atoms with Crippen LogP contribution in [0.25, 0.3) is 0 Å². The first-order valence-electron chi connectivity index (χ1n) is 6.71. The summed E-state index contributed by atoms with van der Waals surface area (Å²) < 4.78 is 26.5. The summed E-state index contributed by atoms with van der Waals surface area (Å²) in [7, 11) is -3.61. The molecule has 6 nitrogen and oxygen atoms in total. The van der Waals surface area contributed by atoms with Crippen molar-refractivity contribution in [1.29, 1.82) is 0 Å². The monoisotopic (exact) mass is 295 g/mol. The molecule has 0 unspecified atom stereocenters. The van der Waals surface area contributed by atoms with Gasteiger partial charge in [-0.25, -0.2) is 8.42 Å². The summed E-state index contributed by atoms with van der Waals surface area (Å²) in [5, 5.41) is 5.86. The van der Waals surface area contributed by atoms with E-state index < -0.39 is 10.0 Å². The van der Waals surface area contributed by atoms with Crippen LogP contribution in [0.15, 0.2) is 23.1 Å². The molecule has 2 aliphatic heterocycles. The molecule has 0 atom stereocenters. The third-order valence-corrected chi connectivity index (χ3v) is 5.50. The second-order valence-electron chi connectivity index (χ2n) is 5.04. The van der Waals surface area contributed by atoms with Gasteiger partial charge in [-0.2, -0.15) is 4.31 Å². The number of hydrogen-bond donors (Lipinski definition) is 2. The van der Waals surface area contributed by atoms with Crippen molar-refractivity contribution in [3.8, 4) is 0 Å². The molecule has 20 heavy (non-hydrogen) atoms. The number of sulfonamides is 1. The van der Waals surface area contributed by atoms with Crippen LogP contribution in [0.5, 0.6) is 0 Å². The third kappa shape index (κ3) is 2.38. The summed E-state index contributed by atoms with van der Waals surface area (Å²) in [5.74, 6) is -0.245. The Bertz CT molecular complexity index is 642. The summed E-state index contributed by atoms with van der Waals surface area (Å²) in [6, 6.07) is 5.14. The van der Waals surface area contributed by atoms with Gasteiger partial charge in [0.25, 0.3) is 0 Å². The van der Waals surface area contributed by atoms with Crippen molar-refractivity contribution < 1.29 is 13.2 Å². The lowest BCUT2D eigenvalue weighted by Crippen LogP contribution is -2.37. The largest absolute Gasteiger partial charge is 0.384 e. The zero-order chi connectivity index (χ0) is 14.2. The molecule has 0 aromatic heterocycles. The maximum atomic E-state index is 12.6. The van der Waals surface area contributed by atoms with Gasteiger partial charge < -0.3 is 10.6 Å². The van der Waals surface area contributed by atoms with E-state index in [0.29, 0.717) is 19.5 Å². The second kappa shape index (κ2) is 5.06. The van der Waals surface area contributed by atoms with E-state index in [1.165, 1.54) is 4.31 Å². The number of carbonyl (C=O) groups is 1. The van der Waals surface area contributed by atoms with Crippen LogP contribution in [0.3, 0.4) is 0 Å². The molecule has 1 fully saturated rings. The highest BCUT2D eigenvalue weighted by Gasteiger charge is 2.28. The molecule has 1 amide bonds. The maximum Gasteiger partial charge on any atom is 0.243 e. The number of nitrogens with one attached hydrogen (secondary N) is 2. The second-order valence-corrected chi connectivity index (χ2v) is 6.98. The SMILES string of the molecule is O=C1CN(S(=O)(=O)c2ccc3c(c2)NCC3)CCCN1. The third-order valence-electron chi connectivity index (χ3n) is 3.66. The summed E-state index contributed by atoms with van der Waals surface area (Å²) in [6.45, 7) is 1.62. The Morgan fingerprint density at radius 3 is 2.85 bits per heavy atom. The summed E-state index contributed by atoms with van der Waals surface area (Å²) in [6.07, 6.45) is 1.55. The van der Waals surface area contributed by atoms with Crippen LogP contribution in [0, 0.1) is 0 Å². The van der Waals surface area contributed by atoms with Crippen LogP contribution in [0.1, 0.15) is 12.0 Å². The van der Waals surface area contributed by atoms with Crippen molar-refractivity contribution in [3.05, 3.63) is 23.8 Å². The van der Waals surface area contributed by atoms with E-state index >= 15 is 0 Å². The Morgan fingerprint density at radius 1 is 1.15 bits per heavy atom. The van der Waals surface area contributed by atoms with E-state index in [1.807, 2.05) is 6.07 Å². The van der Waals surface area contributed by atoms with Gasteiger partial charge in [-0.05, 0) is 30.5 Å². The zero-order valence-corrected chi connectivity index (χ0v) is 11.9. The standard InChI is InChI=1S/C13H17N3O3S/c17-13-9-16(7-1-5-15-13)20(18,19)11-3-2-10-4-6-14-12(10)8-11/h2-3,8,14H,1,4-7,9H2,(H,15,17). The number of fused-ring (bicyclic) bond motifs is 1. The molecule has 1 saturated heterocycles. The van der Waals surface area contributed by atoms with Gasteiger partial charge in [0.2, 0.25) is 15.9 Å². The minimum absolute atomic E-state index is 0.104. The highest BCUT2D eigenvalue weighted by atomic mass is 32.2. The molecular weight excluding hydrogens is 278 g/mol. The molecule has 7 heteroatoms. The van der Waals surface area contributed by atoms with Crippen molar-refractivity contribution in [3.63, 3.8) is 0 Å². The number of amides is 1.